The largest absolute Gasteiger partial charge is 0.505 e. The van der Waals surface area contributed by atoms with E-state index in [-0.39, 0.29) is 34.0 Å². The SMILES string of the molecule is CC(=O)c1cnc2ccc(-c3cc(Cl)c(O)c(Cl)c3)cc2c1Nc1ccc(OCCN(C)C)nc1.Cl. The molecule has 0 atom stereocenters. The van der Waals surface area contributed by atoms with Crippen molar-refractivity contribution in [1.82, 2.24) is 14.9 Å². The van der Waals surface area contributed by atoms with E-state index in [0.717, 1.165) is 23.1 Å². The number of nitrogens with zero attached hydrogens (tertiary/aromatic N) is 3. The van der Waals surface area contributed by atoms with Crippen LogP contribution in [0.2, 0.25) is 10.0 Å². The third-order valence-electron chi connectivity index (χ3n) is 5.39. The van der Waals surface area contributed by atoms with Gasteiger partial charge in [0.1, 0.15) is 6.61 Å². The second-order valence-corrected chi connectivity index (χ2v) is 9.10. The minimum absolute atomic E-state index is 0. The smallest absolute Gasteiger partial charge is 0.213 e. The van der Waals surface area contributed by atoms with Crippen LogP contribution in [-0.2, 0) is 0 Å². The highest BCUT2D eigenvalue weighted by atomic mass is 35.5. The number of aromatic nitrogens is 2. The fraction of sp³-hybridized carbons (Fsp3) is 0.192. The van der Waals surface area contributed by atoms with Crippen molar-refractivity contribution in [2.45, 2.75) is 6.92 Å². The van der Waals surface area contributed by atoms with Crippen LogP contribution in [0.1, 0.15) is 17.3 Å². The van der Waals surface area contributed by atoms with Crippen LogP contribution in [0.3, 0.4) is 0 Å². The van der Waals surface area contributed by atoms with Gasteiger partial charge in [-0.2, -0.15) is 0 Å². The van der Waals surface area contributed by atoms with Gasteiger partial charge in [-0.1, -0.05) is 29.3 Å². The number of hydrogen-bond donors (Lipinski definition) is 2. The number of Topliss-reactive ketones (excluding diaryl/α,β-unsaturated/α-hetero) is 1. The average Bonchev–Trinajstić information content (AvgIpc) is 2.82. The zero-order chi connectivity index (χ0) is 25.1. The van der Waals surface area contributed by atoms with Gasteiger partial charge in [-0.25, -0.2) is 4.98 Å². The summed E-state index contributed by atoms with van der Waals surface area (Å²) >= 11 is 12.3. The number of fused-ring (bicyclic) bond motifs is 1. The maximum Gasteiger partial charge on any atom is 0.213 e. The predicted octanol–water partition coefficient (Wildman–Crippen LogP) is 6.62. The number of pyridine rings is 2. The first-order valence-corrected chi connectivity index (χ1v) is 11.6. The summed E-state index contributed by atoms with van der Waals surface area (Å²) in [6, 6.07) is 12.5. The van der Waals surface area contributed by atoms with Gasteiger partial charge in [0.05, 0.1) is 38.7 Å². The Kier molecular flexibility index (Phi) is 8.98. The second kappa shape index (κ2) is 11.8. The number of hydrogen-bond acceptors (Lipinski definition) is 7. The highest BCUT2D eigenvalue weighted by Crippen LogP contribution is 2.38. The van der Waals surface area contributed by atoms with Crippen LogP contribution >= 0.6 is 35.6 Å². The Balaban J connectivity index is 0.00000361. The molecule has 0 aliphatic heterocycles. The number of phenols is 1. The number of ether oxygens (including phenoxy) is 1. The number of aromatic hydroxyl groups is 1. The molecule has 36 heavy (non-hydrogen) atoms. The average molecular weight is 548 g/mol. The summed E-state index contributed by atoms with van der Waals surface area (Å²) < 4.78 is 5.66. The van der Waals surface area contributed by atoms with Gasteiger partial charge in [0.25, 0.3) is 0 Å². The van der Waals surface area contributed by atoms with Crippen molar-refractivity contribution in [3.8, 4) is 22.8 Å². The van der Waals surface area contributed by atoms with Crippen molar-refractivity contribution in [1.29, 1.82) is 0 Å². The maximum absolute atomic E-state index is 12.4. The molecule has 7 nitrogen and oxygen atoms in total. The molecule has 2 N–H and O–H groups in total. The summed E-state index contributed by atoms with van der Waals surface area (Å²) in [5.74, 6) is 0.231. The number of benzene rings is 2. The Bertz CT molecular complexity index is 1370. The Morgan fingerprint density at radius 2 is 1.75 bits per heavy atom. The van der Waals surface area contributed by atoms with E-state index in [2.05, 4.69) is 15.3 Å². The molecule has 0 fully saturated rings. The lowest BCUT2D eigenvalue weighted by atomic mass is 10.00. The zero-order valence-electron chi connectivity index (χ0n) is 19.9. The maximum atomic E-state index is 12.4. The number of carbonyl (C=O) groups excluding carboxylic acids is 1. The number of ketones is 1. The lowest BCUT2D eigenvalue weighted by Gasteiger charge is -2.15. The molecule has 188 valence electrons. The first-order chi connectivity index (χ1) is 16.7. The molecule has 0 aliphatic carbocycles. The summed E-state index contributed by atoms with van der Waals surface area (Å²) in [5.41, 5.74) is 3.98. The molecule has 0 saturated heterocycles. The summed E-state index contributed by atoms with van der Waals surface area (Å²) in [4.78, 5) is 23.3. The molecule has 4 rings (SSSR count). The molecule has 0 radical (unpaired) electrons. The van der Waals surface area contributed by atoms with E-state index < -0.39 is 0 Å². The van der Waals surface area contributed by atoms with Crippen LogP contribution in [-0.4, -0.2) is 53.0 Å². The van der Waals surface area contributed by atoms with Crippen LogP contribution in [0.15, 0.2) is 54.9 Å². The summed E-state index contributed by atoms with van der Waals surface area (Å²) in [7, 11) is 3.96. The Morgan fingerprint density at radius 3 is 2.36 bits per heavy atom. The molecule has 0 saturated carbocycles. The van der Waals surface area contributed by atoms with E-state index in [0.29, 0.717) is 34.9 Å². The molecule has 0 unspecified atom stereocenters. The van der Waals surface area contributed by atoms with Crippen molar-refractivity contribution in [3.05, 3.63) is 70.5 Å². The number of rotatable bonds is 8. The minimum atomic E-state index is -0.164. The fourth-order valence-corrected chi connectivity index (χ4v) is 4.01. The third kappa shape index (κ3) is 6.17. The minimum Gasteiger partial charge on any atom is -0.505 e. The van der Waals surface area contributed by atoms with E-state index in [4.69, 9.17) is 27.9 Å². The zero-order valence-corrected chi connectivity index (χ0v) is 22.2. The summed E-state index contributed by atoms with van der Waals surface area (Å²) in [6.45, 7) is 2.81. The van der Waals surface area contributed by atoms with Gasteiger partial charge in [0.2, 0.25) is 5.88 Å². The molecule has 0 aliphatic rings. The van der Waals surface area contributed by atoms with Crippen LogP contribution < -0.4 is 10.1 Å². The molecule has 0 spiro atoms. The van der Waals surface area contributed by atoms with Crippen LogP contribution in [0, 0.1) is 0 Å². The normalized spacial score (nSPS) is 10.8. The van der Waals surface area contributed by atoms with Gasteiger partial charge in [-0.15, -0.1) is 12.4 Å². The molecule has 0 amide bonds. The molecule has 2 heterocycles. The van der Waals surface area contributed by atoms with E-state index in [1.165, 1.54) is 6.92 Å². The van der Waals surface area contributed by atoms with Crippen molar-refractivity contribution in [3.63, 3.8) is 0 Å². The topological polar surface area (TPSA) is 87.6 Å². The second-order valence-electron chi connectivity index (χ2n) is 8.29. The van der Waals surface area contributed by atoms with Gasteiger partial charge < -0.3 is 20.1 Å². The first kappa shape index (κ1) is 27.5. The first-order valence-electron chi connectivity index (χ1n) is 10.9. The molecular formula is C26H25Cl3N4O3. The van der Waals surface area contributed by atoms with Crippen LogP contribution in [0.25, 0.3) is 22.0 Å². The van der Waals surface area contributed by atoms with Crippen LogP contribution in [0.4, 0.5) is 11.4 Å². The van der Waals surface area contributed by atoms with E-state index >= 15 is 0 Å². The molecular weight excluding hydrogens is 523 g/mol. The molecule has 10 heteroatoms. The number of carbonyl (C=O) groups is 1. The summed E-state index contributed by atoms with van der Waals surface area (Å²) in [6.07, 6.45) is 3.22. The van der Waals surface area contributed by atoms with Crippen molar-refractivity contribution < 1.29 is 14.6 Å². The van der Waals surface area contributed by atoms with E-state index in [1.54, 1.807) is 30.6 Å². The van der Waals surface area contributed by atoms with E-state index in [9.17, 15) is 9.90 Å². The van der Waals surface area contributed by atoms with Gasteiger partial charge >= 0.3 is 0 Å². The molecule has 0 bridgehead atoms. The highest BCUT2D eigenvalue weighted by Gasteiger charge is 2.15. The number of nitrogens with one attached hydrogen (secondary N) is 1. The molecule has 4 aromatic rings. The quantitative estimate of drug-likeness (QED) is 0.240. The van der Waals surface area contributed by atoms with Crippen molar-refractivity contribution in [2.24, 2.45) is 0 Å². The van der Waals surface area contributed by atoms with Gasteiger partial charge in [-0.3, -0.25) is 9.78 Å². The predicted molar refractivity (Wildman–Crippen MR) is 148 cm³/mol. The molecule has 2 aromatic heterocycles. The Labute approximate surface area is 225 Å². The van der Waals surface area contributed by atoms with Gasteiger partial charge in [-0.05, 0) is 62.5 Å². The lowest BCUT2D eigenvalue weighted by Crippen LogP contribution is -2.19. The van der Waals surface area contributed by atoms with Crippen LogP contribution in [0.5, 0.6) is 11.6 Å². The standard InChI is InChI=1S/C26H24Cl2N4O3.ClH/c1-15(33)20-14-29-23-6-4-16(17-11-21(27)26(34)22(28)12-17)10-19(23)25(20)31-18-5-7-24(30-13-18)35-9-8-32(2)3;/h4-7,10-14,34H,8-9H2,1-3H3,(H,29,31);1H. The molecule has 2 aromatic carbocycles. The Morgan fingerprint density at radius 1 is 1.03 bits per heavy atom. The van der Waals surface area contributed by atoms with Gasteiger partial charge in [0.15, 0.2) is 11.5 Å². The number of phenolic OH excluding ortho intramolecular Hbond substituents is 1. The highest BCUT2D eigenvalue weighted by molar-refractivity contribution is 6.37. The van der Waals surface area contributed by atoms with E-state index in [1.807, 2.05) is 43.3 Å². The monoisotopic (exact) mass is 546 g/mol. The lowest BCUT2D eigenvalue weighted by molar-refractivity contribution is 0.101. The number of likely N-dealkylation sites (N-methyl/N-ethyl adjacent to an activating group) is 1. The van der Waals surface area contributed by atoms with Crippen molar-refractivity contribution >= 4 is 63.7 Å². The number of halogens is 3. The third-order valence-corrected chi connectivity index (χ3v) is 5.97. The van der Waals surface area contributed by atoms with Crippen molar-refractivity contribution in [2.75, 3.05) is 32.6 Å². The fourth-order valence-electron chi connectivity index (χ4n) is 3.52. The number of anilines is 2. The van der Waals surface area contributed by atoms with Gasteiger partial charge in [0, 0.05) is 24.2 Å². The Hall–Kier alpha value is -3.10. The summed E-state index contributed by atoms with van der Waals surface area (Å²) in [5, 5.41) is 14.3.